The third-order valence-corrected chi connectivity index (χ3v) is 3.35. The molecule has 0 spiro atoms. The summed E-state index contributed by atoms with van der Waals surface area (Å²) in [6, 6.07) is 0. The summed E-state index contributed by atoms with van der Waals surface area (Å²) in [6.07, 6.45) is 4.73. The third-order valence-electron chi connectivity index (χ3n) is 3.35. The van der Waals surface area contributed by atoms with Crippen LogP contribution in [0.4, 0.5) is 0 Å². The molecule has 1 aliphatic carbocycles. The number of hydrogen-bond donors (Lipinski definition) is 1. The Bertz CT molecular complexity index is 383. The molecule has 1 fully saturated rings. The summed E-state index contributed by atoms with van der Waals surface area (Å²) in [6.45, 7) is 4.27. The van der Waals surface area contributed by atoms with Crippen molar-refractivity contribution in [2.45, 2.75) is 38.5 Å². The van der Waals surface area contributed by atoms with E-state index in [-0.39, 0.29) is 0 Å². The molecule has 1 N–H and O–H groups in total. The van der Waals surface area contributed by atoms with Crippen LogP contribution >= 0.6 is 0 Å². The normalized spacial score (nSPS) is 20.9. The maximum absolute atomic E-state index is 4.74. The summed E-state index contributed by atoms with van der Waals surface area (Å²) >= 11 is 0. The van der Waals surface area contributed by atoms with E-state index in [0.29, 0.717) is 5.92 Å². The fourth-order valence-corrected chi connectivity index (χ4v) is 2.28. The SMILES string of the molecule is Cc1nc(C2CC2)nc2c1CCNCC2. The van der Waals surface area contributed by atoms with E-state index in [1.165, 1.54) is 29.8 Å². The largest absolute Gasteiger partial charge is 0.316 e. The monoisotopic (exact) mass is 203 g/mol. The van der Waals surface area contributed by atoms with Crippen molar-refractivity contribution in [3.8, 4) is 0 Å². The molecule has 1 aromatic heterocycles. The van der Waals surface area contributed by atoms with Crippen LogP contribution in [0.15, 0.2) is 0 Å². The lowest BCUT2D eigenvalue weighted by molar-refractivity contribution is 0.707. The molecular weight excluding hydrogens is 186 g/mol. The van der Waals surface area contributed by atoms with Crippen LogP contribution in [0, 0.1) is 6.92 Å². The molecule has 2 aliphatic rings. The molecule has 0 amide bonds. The number of nitrogens with zero attached hydrogens (tertiary/aromatic N) is 2. The van der Waals surface area contributed by atoms with Gasteiger partial charge in [0.2, 0.25) is 0 Å². The molecule has 1 aliphatic heterocycles. The Morgan fingerprint density at radius 3 is 2.73 bits per heavy atom. The molecule has 3 rings (SSSR count). The first kappa shape index (κ1) is 9.28. The average Bonchev–Trinajstić information content (AvgIpc) is 3.04. The molecule has 0 bridgehead atoms. The van der Waals surface area contributed by atoms with Crippen LogP contribution in [-0.2, 0) is 12.8 Å². The average molecular weight is 203 g/mol. The van der Waals surface area contributed by atoms with E-state index < -0.39 is 0 Å². The summed E-state index contributed by atoms with van der Waals surface area (Å²) in [4.78, 5) is 9.40. The molecule has 3 nitrogen and oxygen atoms in total. The van der Waals surface area contributed by atoms with Gasteiger partial charge in [0.25, 0.3) is 0 Å². The van der Waals surface area contributed by atoms with Crippen molar-refractivity contribution < 1.29 is 0 Å². The van der Waals surface area contributed by atoms with Crippen LogP contribution in [0.5, 0.6) is 0 Å². The molecule has 80 valence electrons. The van der Waals surface area contributed by atoms with Gasteiger partial charge in [-0.05, 0) is 38.3 Å². The first-order valence-electron chi connectivity index (χ1n) is 5.91. The number of aryl methyl sites for hydroxylation is 1. The second kappa shape index (κ2) is 3.56. The molecule has 0 unspecified atom stereocenters. The van der Waals surface area contributed by atoms with Crippen molar-refractivity contribution in [1.29, 1.82) is 0 Å². The first-order chi connectivity index (χ1) is 7.34. The van der Waals surface area contributed by atoms with Gasteiger partial charge in [-0.3, -0.25) is 0 Å². The second-order valence-corrected chi connectivity index (χ2v) is 4.62. The third kappa shape index (κ3) is 1.76. The van der Waals surface area contributed by atoms with Gasteiger partial charge in [0.15, 0.2) is 0 Å². The molecular formula is C12H17N3. The smallest absolute Gasteiger partial charge is 0.131 e. The maximum Gasteiger partial charge on any atom is 0.131 e. The minimum absolute atomic E-state index is 0.671. The van der Waals surface area contributed by atoms with Gasteiger partial charge in [0, 0.05) is 30.3 Å². The van der Waals surface area contributed by atoms with Crippen molar-refractivity contribution >= 4 is 0 Å². The van der Waals surface area contributed by atoms with E-state index in [1.807, 2.05) is 0 Å². The van der Waals surface area contributed by atoms with Crippen molar-refractivity contribution in [2.24, 2.45) is 0 Å². The minimum Gasteiger partial charge on any atom is -0.316 e. The predicted octanol–water partition coefficient (Wildman–Crippen LogP) is 1.35. The second-order valence-electron chi connectivity index (χ2n) is 4.62. The number of fused-ring (bicyclic) bond motifs is 1. The van der Waals surface area contributed by atoms with Crippen molar-refractivity contribution in [2.75, 3.05) is 13.1 Å². The van der Waals surface area contributed by atoms with Crippen molar-refractivity contribution in [3.05, 3.63) is 22.8 Å². The first-order valence-corrected chi connectivity index (χ1v) is 5.91. The molecule has 2 heterocycles. The Hall–Kier alpha value is -0.960. The van der Waals surface area contributed by atoms with Gasteiger partial charge in [-0.25, -0.2) is 9.97 Å². The van der Waals surface area contributed by atoms with E-state index in [1.54, 1.807) is 0 Å². The highest BCUT2D eigenvalue weighted by Crippen LogP contribution is 2.38. The maximum atomic E-state index is 4.74. The Balaban J connectivity index is 2.03. The fourth-order valence-electron chi connectivity index (χ4n) is 2.28. The number of rotatable bonds is 1. The minimum atomic E-state index is 0.671. The van der Waals surface area contributed by atoms with Crippen molar-refractivity contribution in [3.63, 3.8) is 0 Å². The summed E-state index contributed by atoms with van der Waals surface area (Å²) in [5, 5.41) is 3.42. The Kier molecular flexibility index (Phi) is 2.20. The number of hydrogen-bond acceptors (Lipinski definition) is 3. The van der Waals surface area contributed by atoms with Gasteiger partial charge < -0.3 is 5.32 Å². The molecule has 3 heteroatoms. The highest BCUT2D eigenvalue weighted by atomic mass is 14.9. The lowest BCUT2D eigenvalue weighted by Crippen LogP contribution is -2.16. The van der Waals surface area contributed by atoms with E-state index in [9.17, 15) is 0 Å². The molecule has 0 aromatic carbocycles. The summed E-state index contributed by atoms with van der Waals surface area (Å²) < 4.78 is 0. The number of nitrogens with one attached hydrogen (secondary N) is 1. The van der Waals surface area contributed by atoms with Gasteiger partial charge >= 0.3 is 0 Å². The van der Waals surface area contributed by atoms with Gasteiger partial charge in [0.05, 0.1) is 0 Å². The molecule has 1 saturated carbocycles. The topological polar surface area (TPSA) is 37.8 Å². The Morgan fingerprint density at radius 1 is 1.13 bits per heavy atom. The lowest BCUT2D eigenvalue weighted by atomic mass is 10.1. The van der Waals surface area contributed by atoms with Crippen LogP contribution in [0.1, 0.15) is 41.5 Å². The standard InChI is InChI=1S/C12H17N3/c1-8-10-4-6-13-7-5-11(10)15-12(14-8)9-2-3-9/h9,13H,2-7H2,1H3. The Morgan fingerprint density at radius 2 is 1.93 bits per heavy atom. The molecule has 0 atom stereocenters. The highest BCUT2D eigenvalue weighted by Gasteiger charge is 2.28. The van der Waals surface area contributed by atoms with Crippen LogP contribution < -0.4 is 5.32 Å². The van der Waals surface area contributed by atoms with Gasteiger partial charge in [-0.15, -0.1) is 0 Å². The molecule has 0 saturated heterocycles. The van der Waals surface area contributed by atoms with Crippen LogP contribution in [0.3, 0.4) is 0 Å². The van der Waals surface area contributed by atoms with E-state index in [4.69, 9.17) is 4.98 Å². The zero-order valence-electron chi connectivity index (χ0n) is 9.21. The lowest BCUT2D eigenvalue weighted by Gasteiger charge is -2.09. The van der Waals surface area contributed by atoms with Gasteiger partial charge in [-0.1, -0.05) is 0 Å². The zero-order chi connectivity index (χ0) is 10.3. The predicted molar refractivity (Wildman–Crippen MR) is 59.0 cm³/mol. The molecule has 1 aromatic rings. The molecule has 0 radical (unpaired) electrons. The van der Waals surface area contributed by atoms with Crippen LogP contribution in [0.25, 0.3) is 0 Å². The van der Waals surface area contributed by atoms with E-state index in [2.05, 4.69) is 17.2 Å². The quantitative estimate of drug-likeness (QED) is 0.748. The van der Waals surface area contributed by atoms with E-state index >= 15 is 0 Å². The van der Waals surface area contributed by atoms with Crippen LogP contribution in [-0.4, -0.2) is 23.1 Å². The van der Waals surface area contributed by atoms with E-state index in [0.717, 1.165) is 31.8 Å². The zero-order valence-corrected chi connectivity index (χ0v) is 9.21. The van der Waals surface area contributed by atoms with Gasteiger partial charge in [-0.2, -0.15) is 0 Å². The summed E-state index contributed by atoms with van der Waals surface area (Å²) in [7, 11) is 0. The van der Waals surface area contributed by atoms with Crippen molar-refractivity contribution in [1.82, 2.24) is 15.3 Å². The fraction of sp³-hybridized carbons (Fsp3) is 0.667. The number of aromatic nitrogens is 2. The summed E-state index contributed by atoms with van der Waals surface area (Å²) in [5.74, 6) is 1.78. The van der Waals surface area contributed by atoms with Gasteiger partial charge in [0.1, 0.15) is 5.82 Å². The summed E-state index contributed by atoms with van der Waals surface area (Å²) in [5.41, 5.74) is 3.91. The van der Waals surface area contributed by atoms with Crippen LogP contribution in [0.2, 0.25) is 0 Å². The molecule has 15 heavy (non-hydrogen) atoms. The highest BCUT2D eigenvalue weighted by molar-refractivity contribution is 5.28. The Labute approximate surface area is 90.3 Å².